The van der Waals surface area contributed by atoms with Gasteiger partial charge >= 0.3 is 0 Å². The lowest BCUT2D eigenvalue weighted by Gasteiger charge is -2.13. The summed E-state index contributed by atoms with van der Waals surface area (Å²) in [7, 11) is 0. The van der Waals surface area contributed by atoms with E-state index in [0.717, 1.165) is 5.71 Å². The number of hydrogen-bond acceptors (Lipinski definition) is 4. The van der Waals surface area contributed by atoms with Crippen molar-refractivity contribution in [2.45, 2.75) is 13.8 Å². The first-order valence-corrected chi connectivity index (χ1v) is 7.91. The first kappa shape index (κ1) is 20.2. The highest BCUT2D eigenvalue weighted by Gasteiger charge is 2.18. The van der Waals surface area contributed by atoms with E-state index in [1.54, 1.807) is 13.8 Å². The van der Waals surface area contributed by atoms with Crippen molar-refractivity contribution in [1.82, 2.24) is 0 Å². The van der Waals surface area contributed by atoms with Gasteiger partial charge in [0.1, 0.15) is 22.7 Å². The smallest absolute Gasteiger partial charge is 0.187 e. The van der Waals surface area contributed by atoms with Crippen LogP contribution < -0.4 is 9.47 Å². The SMILES string of the molecule is CC(C)=NOCCOc1c(Cl)cc(OCC=C(Cl)Cl)c(F)c1Cl. The molecule has 1 aromatic rings. The summed E-state index contributed by atoms with van der Waals surface area (Å²) >= 11 is 22.8. The Kier molecular flexibility index (Phi) is 8.84. The van der Waals surface area contributed by atoms with E-state index < -0.39 is 5.82 Å². The Bertz CT molecular complexity index is 600. The molecule has 4 nitrogen and oxygen atoms in total. The van der Waals surface area contributed by atoms with Crippen molar-refractivity contribution >= 4 is 52.1 Å². The molecule has 0 aliphatic rings. The maximum Gasteiger partial charge on any atom is 0.187 e. The van der Waals surface area contributed by atoms with E-state index in [4.69, 9.17) is 60.7 Å². The predicted molar refractivity (Wildman–Crippen MR) is 91.9 cm³/mol. The van der Waals surface area contributed by atoms with E-state index >= 15 is 0 Å². The van der Waals surface area contributed by atoms with E-state index in [-0.39, 0.29) is 45.9 Å². The molecule has 0 atom stereocenters. The van der Waals surface area contributed by atoms with Crippen LogP contribution in [-0.2, 0) is 4.84 Å². The molecule has 0 aromatic heterocycles. The lowest BCUT2D eigenvalue weighted by atomic mass is 10.3. The molecule has 1 aromatic carbocycles. The predicted octanol–water partition coefficient (Wildman–Crippen LogP) is 5.62. The van der Waals surface area contributed by atoms with Crippen LogP contribution in [-0.4, -0.2) is 25.5 Å². The summed E-state index contributed by atoms with van der Waals surface area (Å²) in [4.78, 5) is 4.95. The average molecular weight is 405 g/mol. The molecule has 0 unspecified atom stereocenters. The summed E-state index contributed by atoms with van der Waals surface area (Å²) in [6, 6.07) is 1.25. The fourth-order valence-corrected chi connectivity index (χ4v) is 2.02. The molecule has 1 rings (SSSR count). The van der Waals surface area contributed by atoms with Crippen molar-refractivity contribution < 1.29 is 18.7 Å². The quantitative estimate of drug-likeness (QED) is 0.244. The number of benzene rings is 1. The van der Waals surface area contributed by atoms with Crippen LogP contribution in [0.15, 0.2) is 21.8 Å². The van der Waals surface area contributed by atoms with Gasteiger partial charge in [0, 0.05) is 6.07 Å². The zero-order valence-corrected chi connectivity index (χ0v) is 15.4. The molecule has 0 N–H and O–H groups in total. The van der Waals surface area contributed by atoms with Gasteiger partial charge in [-0.1, -0.05) is 51.6 Å². The summed E-state index contributed by atoms with van der Waals surface area (Å²) in [5, 5.41) is 3.54. The number of nitrogens with zero attached hydrogens (tertiary/aromatic N) is 1. The first-order valence-electron chi connectivity index (χ1n) is 6.40. The van der Waals surface area contributed by atoms with E-state index in [0.29, 0.717) is 0 Å². The van der Waals surface area contributed by atoms with Crippen molar-refractivity contribution in [1.29, 1.82) is 0 Å². The molecule has 0 bridgehead atoms. The number of rotatable bonds is 8. The minimum absolute atomic E-state index is 0.00454. The van der Waals surface area contributed by atoms with Gasteiger partial charge in [0.2, 0.25) is 0 Å². The third kappa shape index (κ3) is 7.04. The Morgan fingerprint density at radius 1 is 1.22 bits per heavy atom. The number of hydrogen-bond donors (Lipinski definition) is 0. The number of ether oxygens (including phenoxy) is 2. The maximum atomic E-state index is 14.1. The van der Waals surface area contributed by atoms with Crippen LogP contribution in [0.3, 0.4) is 0 Å². The number of oxime groups is 1. The molecule has 128 valence electrons. The van der Waals surface area contributed by atoms with Gasteiger partial charge in [-0.2, -0.15) is 0 Å². The van der Waals surface area contributed by atoms with Crippen LogP contribution in [0.2, 0.25) is 10.0 Å². The highest BCUT2D eigenvalue weighted by atomic mass is 35.5. The van der Waals surface area contributed by atoms with Crippen LogP contribution in [0.4, 0.5) is 4.39 Å². The standard InChI is InChI=1S/C14H14Cl4FNO3/c1-8(2)20-23-6-5-22-14-9(15)7-10(13(19)12(14)18)21-4-3-11(16)17/h3,7H,4-6H2,1-2H3. The van der Waals surface area contributed by atoms with Crippen LogP contribution in [0.5, 0.6) is 11.5 Å². The van der Waals surface area contributed by atoms with Gasteiger partial charge < -0.3 is 14.3 Å². The second-order valence-electron chi connectivity index (χ2n) is 4.34. The molecule has 0 amide bonds. The van der Waals surface area contributed by atoms with Gasteiger partial charge in [-0.3, -0.25) is 0 Å². The molecule has 0 fully saturated rings. The summed E-state index contributed by atoms with van der Waals surface area (Å²) in [5.41, 5.74) is 0.764. The largest absolute Gasteiger partial charge is 0.487 e. The van der Waals surface area contributed by atoms with E-state index in [1.807, 2.05) is 0 Å². The Morgan fingerprint density at radius 2 is 1.91 bits per heavy atom. The van der Waals surface area contributed by atoms with Crippen molar-refractivity contribution in [3.8, 4) is 11.5 Å². The lowest BCUT2D eigenvalue weighted by molar-refractivity contribution is 0.107. The second-order valence-corrected chi connectivity index (χ2v) is 6.13. The Hall–Kier alpha value is -0.880. The third-order valence-corrected chi connectivity index (χ3v) is 3.15. The van der Waals surface area contributed by atoms with E-state index in [2.05, 4.69) is 5.16 Å². The minimum Gasteiger partial charge on any atom is -0.487 e. The monoisotopic (exact) mass is 403 g/mol. The molecule has 0 aliphatic heterocycles. The molecule has 0 spiro atoms. The van der Waals surface area contributed by atoms with Crippen LogP contribution in [0.25, 0.3) is 0 Å². The van der Waals surface area contributed by atoms with E-state index in [1.165, 1.54) is 12.1 Å². The van der Waals surface area contributed by atoms with E-state index in [9.17, 15) is 4.39 Å². The summed E-state index contributed by atoms with van der Waals surface area (Å²) in [6.45, 7) is 3.80. The molecule has 0 saturated carbocycles. The first-order chi connectivity index (χ1) is 10.8. The summed E-state index contributed by atoms with van der Waals surface area (Å²) in [5.74, 6) is -0.931. The van der Waals surface area contributed by atoms with Crippen LogP contribution >= 0.6 is 46.4 Å². The number of halogens is 5. The van der Waals surface area contributed by atoms with Gasteiger partial charge in [0.25, 0.3) is 0 Å². The summed E-state index contributed by atoms with van der Waals surface area (Å²) < 4.78 is 24.6. The third-order valence-electron chi connectivity index (χ3n) is 2.23. The zero-order valence-electron chi connectivity index (χ0n) is 12.3. The molecule has 9 heteroatoms. The van der Waals surface area contributed by atoms with Crippen molar-refractivity contribution in [3.05, 3.63) is 32.5 Å². The van der Waals surface area contributed by atoms with Gasteiger partial charge in [0.05, 0.1) is 10.7 Å². The maximum absolute atomic E-state index is 14.1. The molecule has 0 saturated heterocycles. The fourth-order valence-electron chi connectivity index (χ4n) is 1.34. The average Bonchev–Trinajstić information content (AvgIpc) is 2.46. The normalized spacial score (nSPS) is 10.0. The van der Waals surface area contributed by atoms with Gasteiger partial charge in [-0.25, -0.2) is 4.39 Å². The van der Waals surface area contributed by atoms with Crippen molar-refractivity contribution in [3.63, 3.8) is 0 Å². The Labute approximate surface area is 153 Å². The fraction of sp³-hybridized carbons (Fsp3) is 0.357. The van der Waals surface area contributed by atoms with Crippen LogP contribution in [0.1, 0.15) is 13.8 Å². The highest BCUT2D eigenvalue weighted by molar-refractivity contribution is 6.55. The minimum atomic E-state index is -0.798. The van der Waals surface area contributed by atoms with Crippen molar-refractivity contribution in [2.24, 2.45) is 5.16 Å². The Morgan fingerprint density at radius 3 is 2.52 bits per heavy atom. The molecule has 0 aliphatic carbocycles. The van der Waals surface area contributed by atoms with Gasteiger partial charge in [-0.15, -0.1) is 0 Å². The van der Waals surface area contributed by atoms with Crippen LogP contribution in [0, 0.1) is 5.82 Å². The second kappa shape index (κ2) is 10.1. The molecule has 23 heavy (non-hydrogen) atoms. The van der Waals surface area contributed by atoms with Crippen molar-refractivity contribution in [2.75, 3.05) is 19.8 Å². The lowest BCUT2D eigenvalue weighted by Crippen LogP contribution is -2.06. The van der Waals surface area contributed by atoms with Gasteiger partial charge in [-0.05, 0) is 19.9 Å². The highest BCUT2D eigenvalue weighted by Crippen LogP contribution is 2.40. The topological polar surface area (TPSA) is 40.0 Å². The molecular formula is C14H14Cl4FNO3. The zero-order chi connectivity index (χ0) is 17.4. The van der Waals surface area contributed by atoms with Gasteiger partial charge in [0.15, 0.2) is 23.9 Å². The molecule has 0 heterocycles. The summed E-state index contributed by atoms with van der Waals surface area (Å²) in [6.07, 6.45) is 1.35. The molecular weight excluding hydrogens is 391 g/mol. The Balaban J connectivity index is 2.73. The molecule has 0 radical (unpaired) electrons.